The van der Waals surface area contributed by atoms with Crippen LogP contribution in [0.4, 0.5) is 0 Å². The molecule has 0 aliphatic heterocycles. The van der Waals surface area contributed by atoms with Crippen LogP contribution in [-0.4, -0.2) is 43.2 Å². The van der Waals surface area contributed by atoms with Crippen LogP contribution in [0, 0.1) is 5.41 Å². The van der Waals surface area contributed by atoms with Crippen molar-refractivity contribution in [2.75, 3.05) is 20.7 Å². The summed E-state index contributed by atoms with van der Waals surface area (Å²) in [6.07, 6.45) is 1.32. The molecule has 1 aliphatic carbocycles. The van der Waals surface area contributed by atoms with E-state index in [1.807, 2.05) is 11.9 Å². The van der Waals surface area contributed by atoms with Gasteiger partial charge in [0.25, 0.3) is 0 Å². The number of nitrogens with zero attached hydrogens (tertiary/aromatic N) is 1. The number of hydrogen-bond acceptors (Lipinski definition) is 3. The second kappa shape index (κ2) is 4.34. The second-order valence-electron chi connectivity index (χ2n) is 5.42. The lowest BCUT2D eigenvalue weighted by molar-refractivity contribution is -0.207. The summed E-state index contributed by atoms with van der Waals surface area (Å²) in [5, 5.41) is 0. The van der Waals surface area contributed by atoms with Gasteiger partial charge in [-0.15, -0.1) is 0 Å². The van der Waals surface area contributed by atoms with Gasteiger partial charge >= 0.3 is 0 Å². The summed E-state index contributed by atoms with van der Waals surface area (Å²) in [5.41, 5.74) is 5.26. The molecule has 0 spiro atoms. The lowest BCUT2D eigenvalue weighted by atomic mass is 9.55. The molecule has 1 aliphatic rings. The average Bonchev–Trinajstić information content (AvgIpc) is 2.24. The van der Waals surface area contributed by atoms with Crippen LogP contribution in [0.2, 0.25) is 0 Å². The van der Waals surface area contributed by atoms with Crippen molar-refractivity contribution >= 4 is 5.91 Å². The van der Waals surface area contributed by atoms with Crippen LogP contribution < -0.4 is 5.73 Å². The Balaban J connectivity index is 2.69. The van der Waals surface area contributed by atoms with E-state index in [2.05, 4.69) is 20.8 Å². The summed E-state index contributed by atoms with van der Waals surface area (Å²) in [5.74, 6) is 0.124. The molecule has 1 amide bonds. The van der Waals surface area contributed by atoms with Crippen LogP contribution in [0.5, 0.6) is 0 Å². The molecule has 0 heterocycles. The Labute approximate surface area is 98.1 Å². The topological polar surface area (TPSA) is 55.6 Å². The van der Waals surface area contributed by atoms with E-state index < -0.39 is 0 Å². The van der Waals surface area contributed by atoms with Gasteiger partial charge in [-0.25, -0.2) is 0 Å². The van der Waals surface area contributed by atoms with Gasteiger partial charge in [0.15, 0.2) is 0 Å². The van der Waals surface area contributed by atoms with E-state index in [4.69, 9.17) is 10.5 Å². The molecular formula is C12H24N2O2. The highest BCUT2D eigenvalue weighted by Crippen LogP contribution is 2.53. The maximum absolute atomic E-state index is 11.8. The van der Waals surface area contributed by atoms with Gasteiger partial charge in [0.05, 0.1) is 5.60 Å². The average molecular weight is 228 g/mol. The first kappa shape index (κ1) is 13.5. The third kappa shape index (κ3) is 1.84. The predicted molar refractivity (Wildman–Crippen MR) is 64.0 cm³/mol. The minimum Gasteiger partial charge on any atom is -0.378 e. The molecule has 1 saturated carbocycles. The van der Waals surface area contributed by atoms with Gasteiger partial charge in [-0.2, -0.15) is 0 Å². The zero-order valence-corrected chi connectivity index (χ0v) is 11.0. The summed E-state index contributed by atoms with van der Waals surface area (Å²) in [7, 11) is 3.60. The Morgan fingerprint density at radius 1 is 1.50 bits per heavy atom. The van der Waals surface area contributed by atoms with Crippen molar-refractivity contribution in [3.8, 4) is 0 Å². The fraction of sp³-hybridized carbons (Fsp3) is 0.917. The van der Waals surface area contributed by atoms with Gasteiger partial charge in [-0.3, -0.25) is 4.79 Å². The first-order chi connectivity index (χ1) is 7.30. The van der Waals surface area contributed by atoms with E-state index in [1.54, 1.807) is 7.11 Å². The van der Waals surface area contributed by atoms with Gasteiger partial charge in [-0.1, -0.05) is 13.8 Å². The van der Waals surface area contributed by atoms with E-state index in [1.165, 1.54) is 0 Å². The van der Waals surface area contributed by atoms with Crippen molar-refractivity contribution in [2.24, 2.45) is 11.1 Å². The molecule has 2 unspecified atom stereocenters. The largest absolute Gasteiger partial charge is 0.378 e. The van der Waals surface area contributed by atoms with Crippen LogP contribution in [0.3, 0.4) is 0 Å². The van der Waals surface area contributed by atoms with Gasteiger partial charge in [0.1, 0.15) is 0 Å². The maximum atomic E-state index is 11.8. The number of rotatable bonds is 4. The van der Waals surface area contributed by atoms with Crippen molar-refractivity contribution in [1.82, 2.24) is 4.90 Å². The van der Waals surface area contributed by atoms with Crippen LogP contribution in [0.15, 0.2) is 0 Å². The Morgan fingerprint density at radius 2 is 2.06 bits per heavy atom. The van der Waals surface area contributed by atoms with Crippen LogP contribution >= 0.6 is 0 Å². The fourth-order valence-corrected chi connectivity index (χ4v) is 2.55. The first-order valence-electron chi connectivity index (χ1n) is 5.81. The molecule has 2 N–H and O–H groups in total. The van der Waals surface area contributed by atoms with Crippen molar-refractivity contribution in [2.45, 2.75) is 45.3 Å². The number of nitrogens with two attached hydrogens (primary N) is 1. The van der Waals surface area contributed by atoms with Gasteiger partial charge < -0.3 is 15.4 Å². The van der Waals surface area contributed by atoms with E-state index in [9.17, 15) is 4.79 Å². The van der Waals surface area contributed by atoms with E-state index in [0.717, 1.165) is 6.42 Å². The predicted octanol–water partition coefficient (Wildman–Crippen LogP) is 0.997. The smallest absolute Gasteiger partial charge is 0.223 e. The molecule has 4 nitrogen and oxygen atoms in total. The SMILES string of the molecule is COC1(C)CC(N(C)C(=O)CCN)C1(C)C. The zero-order valence-electron chi connectivity index (χ0n) is 11.0. The monoisotopic (exact) mass is 228 g/mol. The van der Waals surface area contributed by atoms with Crippen molar-refractivity contribution in [3.63, 3.8) is 0 Å². The molecular weight excluding hydrogens is 204 g/mol. The third-order valence-electron chi connectivity index (χ3n) is 4.45. The van der Waals surface area contributed by atoms with Crippen LogP contribution in [0.25, 0.3) is 0 Å². The Bertz CT molecular complexity index is 278. The quantitative estimate of drug-likeness (QED) is 0.781. The lowest BCUT2D eigenvalue weighted by Gasteiger charge is -2.61. The van der Waals surface area contributed by atoms with Crippen molar-refractivity contribution in [3.05, 3.63) is 0 Å². The Kier molecular flexibility index (Phi) is 3.65. The van der Waals surface area contributed by atoms with E-state index >= 15 is 0 Å². The number of methoxy groups -OCH3 is 1. The molecule has 0 aromatic carbocycles. The molecule has 0 saturated heterocycles. The maximum Gasteiger partial charge on any atom is 0.223 e. The molecule has 0 aromatic heterocycles. The number of carbonyl (C=O) groups excluding carboxylic acids is 1. The van der Waals surface area contributed by atoms with Gasteiger partial charge in [0.2, 0.25) is 5.91 Å². The van der Waals surface area contributed by atoms with Crippen LogP contribution in [0.1, 0.15) is 33.6 Å². The molecule has 1 rings (SSSR count). The second-order valence-corrected chi connectivity index (χ2v) is 5.42. The van der Waals surface area contributed by atoms with Crippen molar-refractivity contribution < 1.29 is 9.53 Å². The summed E-state index contributed by atoms with van der Waals surface area (Å²) >= 11 is 0. The molecule has 16 heavy (non-hydrogen) atoms. The first-order valence-corrected chi connectivity index (χ1v) is 5.81. The number of carbonyl (C=O) groups is 1. The minimum atomic E-state index is -0.130. The summed E-state index contributed by atoms with van der Waals surface area (Å²) in [6, 6.07) is 0.247. The molecule has 94 valence electrons. The Morgan fingerprint density at radius 3 is 2.44 bits per heavy atom. The van der Waals surface area contributed by atoms with Crippen molar-refractivity contribution in [1.29, 1.82) is 0 Å². The lowest BCUT2D eigenvalue weighted by Crippen LogP contribution is -2.68. The summed E-state index contributed by atoms with van der Waals surface area (Å²) < 4.78 is 5.55. The van der Waals surface area contributed by atoms with Crippen LogP contribution in [-0.2, 0) is 9.53 Å². The number of hydrogen-bond donors (Lipinski definition) is 1. The molecule has 4 heteroatoms. The zero-order chi connectivity index (χ0) is 12.6. The minimum absolute atomic E-state index is 0.0131. The van der Waals surface area contributed by atoms with Gasteiger partial charge in [0, 0.05) is 38.6 Å². The molecule has 0 aromatic rings. The highest BCUT2D eigenvalue weighted by Gasteiger charge is 2.59. The highest BCUT2D eigenvalue weighted by atomic mass is 16.5. The fourth-order valence-electron chi connectivity index (χ4n) is 2.55. The van der Waals surface area contributed by atoms with Gasteiger partial charge in [-0.05, 0) is 13.3 Å². The standard InChI is InChI=1S/C12H24N2O2/c1-11(2)9(8-12(11,3)16-5)14(4)10(15)6-7-13/h9H,6-8,13H2,1-5H3. The molecule has 0 bridgehead atoms. The number of amides is 1. The normalized spacial score (nSPS) is 32.0. The third-order valence-corrected chi connectivity index (χ3v) is 4.45. The number of ether oxygens (including phenoxy) is 1. The molecule has 0 radical (unpaired) electrons. The van der Waals surface area contributed by atoms with E-state index in [-0.39, 0.29) is 23.0 Å². The summed E-state index contributed by atoms with van der Waals surface area (Å²) in [6.45, 7) is 6.82. The van der Waals surface area contributed by atoms with E-state index in [0.29, 0.717) is 13.0 Å². The summed E-state index contributed by atoms with van der Waals surface area (Å²) in [4.78, 5) is 13.6. The molecule has 1 fully saturated rings. The molecule has 2 atom stereocenters. The Hall–Kier alpha value is -0.610. The highest BCUT2D eigenvalue weighted by molar-refractivity contribution is 5.76.